The van der Waals surface area contributed by atoms with Crippen LogP contribution in [0.4, 0.5) is 5.69 Å². The molecule has 0 spiro atoms. The van der Waals surface area contributed by atoms with E-state index in [0.717, 1.165) is 4.57 Å². The van der Waals surface area contributed by atoms with Gasteiger partial charge in [-0.15, -0.1) is 0 Å². The van der Waals surface area contributed by atoms with Gasteiger partial charge in [-0.05, 0) is 18.6 Å². The van der Waals surface area contributed by atoms with Gasteiger partial charge in [-0.3, -0.25) is 19.5 Å². The van der Waals surface area contributed by atoms with E-state index >= 15 is 0 Å². The summed E-state index contributed by atoms with van der Waals surface area (Å²) in [5.41, 5.74) is -0.254. The standard InChI is InChI=1S/C13H12BrN3O4/c1-2-15-6-5-12(18)16(13(15)19)8-9-3-4-10(17(20)21)7-11(9)14/h3-7H,2,8H2,1H3. The Morgan fingerprint density at radius 1 is 1.29 bits per heavy atom. The third-order valence-electron chi connectivity index (χ3n) is 3.06. The van der Waals surface area contributed by atoms with Crippen LogP contribution in [0.2, 0.25) is 0 Å². The maximum Gasteiger partial charge on any atom is 0.331 e. The van der Waals surface area contributed by atoms with Crippen LogP contribution in [0.1, 0.15) is 12.5 Å². The summed E-state index contributed by atoms with van der Waals surface area (Å²) in [6.45, 7) is 2.32. The molecule has 2 aromatic rings. The fourth-order valence-corrected chi connectivity index (χ4v) is 2.38. The molecule has 8 heteroatoms. The summed E-state index contributed by atoms with van der Waals surface area (Å²) in [6, 6.07) is 5.54. The molecule has 0 saturated heterocycles. The van der Waals surface area contributed by atoms with Gasteiger partial charge in [0, 0.05) is 35.4 Å². The summed E-state index contributed by atoms with van der Waals surface area (Å²) in [7, 11) is 0. The number of hydrogen-bond donors (Lipinski definition) is 0. The summed E-state index contributed by atoms with van der Waals surface area (Å²) in [5, 5.41) is 10.7. The molecule has 0 aliphatic heterocycles. The smallest absolute Gasteiger partial charge is 0.301 e. The van der Waals surface area contributed by atoms with Gasteiger partial charge >= 0.3 is 5.69 Å². The fourth-order valence-electron chi connectivity index (χ4n) is 1.89. The molecule has 0 aliphatic carbocycles. The highest BCUT2D eigenvalue weighted by Gasteiger charge is 2.11. The zero-order valence-corrected chi connectivity index (χ0v) is 12.7. The zero-order chi connectivity index (χ0) is 15.6. The van der Waals surface area contributed by atoms with Gasteiger partial charge in [-0.1, -0.05) is 15.9 Å². The van der Waals surface area contributed by atoms with Crippen molar-refractivity contribution >= 4 is 21.6 Å². The SMILES string of the molecule is CCn1ccc(=O)n(Cc2ccc([N+](=O)[O-])cc2Br)c1=O. The molecule has 0 bridgehead atoms. The molecule has 2 rings (SSSR count). The van der Waals surface area contributed by atoms with Crippen LogP contribution in [0.3, 0.4) is 0 Å². The summed E-state index contributed by atoms with van der Waals surface area (Å²) in [5.74, 6) is 0. The van der Waals surface area contributed by atoms with Crippen molar-refractivity contribution in [1.82, 2.24) is 9.13 Å². The van der Waals surface area contributed by atoms with Gasteiger partial charge in [0.05, 0.1) is 11.5 Å². The van der Waals surface area contributed by atoms with E-state index in [-0.39, 0.29) is 12.2 Å². The first-order chi connectivity index (χ1) is 9.93. The van der Waals surface area contributed by atoms with Crippen molar-refractivity contribution in [3.05, 3.63) is 71.5 Å². The average Bonchev–Trinajstić information content (AvgIpc) is 2.44. The Morgan fingerprint density at radius 2 is 2.00 bits per heavy atom. The Hall–Kier alpha value is -2.22. The first-order valence-electron chi connectivity index (χ1n) is 6.17. The minimum atomic E-state index is -0.507. The minimum absolute atomic E-state index is 0.0527. The van der Waals surface area contributed by atoms with Crippen LogP contribution in [0.25, 0.3) is 0 Å². The van der Waals surface area contributed by atoms with Gasteiger partial charge in [0.1, 0.15) is 0 Å². The molecule has 0 saturated carbocycles. The monoisotopic (exact) mass is 353 g/mol. The lowest BCUT2D eigenvalue weighted by Gasteiger charge is -2.09. The lowest BCUT2D eigenvalue weighted by Crippen LogP contribution is -2.39. The Bertz CT molecular complexity index is 810. The molecule has 7 nitrogen and oxygen atoms in total. The Labute approximate surface area is 127 Å². The molecular formula is C13H12BrN3O4. The zero-order valence-electron chi connectivity index (χ0n) is 11.2. The maximum atomic E-state index is 12.1. The second kappa shape index (κ2) is 6.04. The molecule has 0 radical (unpaired) electrons. The largest absolute Gasteiger partial charge is 0.331 e. The van der Waals surface area contributed by atoms with Crippen molar-refractivity contribution in [3.63, 3.8) is 0 Å². The molecule has 1 aromatic carbocycles. The van der Waals surface area contributed by atoms with Crippen molar-refractivity contribution in [3.8, 4) is 0 Å². The third-order valence-corrected chi connectivity index (χ3v) is 3.79. The quantitative estimate of drug-likeness (QED) is 0.618. The van der Waals surface area contributed by atoms with Crippen LogP contribution >= 0.6 is 15.9 Å². The number of hydrogen-bond acceptors (Lipinski definition) is 4. The van der Waals surface area contributed by atoms with Gasteiger partial charge in [0.2, 0.25) is 0 Å². The number of nitrogens with zero attached hydrogens (tertiary/aromatic N) is 3. The maximum absolute atomic E-state index is 12.1. The summed E-state index contributed by atoms with van der Waals surface area (Å²) < 4.78 is 2.99. The van der Waals surface area contributed by atoms with E-state index in [4.69, 9.17) is 0 Å². The molecule has 0 unspecified atom stereocenters. The molecule has 0 N–H and O–H groups in total. The molecule has 0 fully saturated rings. The Kier molecular flexibility index (Phi) is 4.37. The lowest BCUT2D eigenvalue weighted by molar-refractivity contribution is -0.384. The number of aryl methyl sites for hydroxylation is 1. The molecule has 110 valence electrons. The van der Waals surface area contributed by atoms with Gasteiger partial charge < -0.3 is 4.57 Å². The minimum Gasteiger partial charge on any atom is -0.301 e. The van der Waals surface area contributed by atoms with E-state index in [1.54, 1.807) is 6.92 Å². The number of nitro benzene ring substituents is 1. The highest BCUT2D eigenvalue weighted by molar-refractivity contribution is 9.10. The molecule has 21 heavy (non-hydrogen) atoms. The van der Waals surface area contributed by atoms with E-state index in [9.17, 15) is 19.7 Å². The van der Waals surface area contributed by atoms with Crippen LogP contribution in [-0.4, -0.2) is 14.1 Å². The van der Waals surface area contributed by atoms with E-state index < -0.39 is 16.2 Å². The van der Waals surface area contributed by atoms with Crippen LogP contribution in [0, 0.1) is 10.1 Å². The highest BCUT2D eigenvalue weighted by Crippen LogP contribution is 2.23. The summed E-state index contributed by atoms with van der Waals surface area (Å²) in [4.78, 5) is 34.1. The van der Waals surface area contributed by atoms with Crippen LogP contribution < -0.4 is 11.2 Å². The fraction of sp³-hybridized carbons (Fsp3) is 0.231. The second-order valence-electron chi connectivity index (χ2n) is 4.34. The number of rotatable bonds is 4. The number of aromatic nitrogens is 2. The van der Waals surface area contributed by atoms with Gasteiger partial charge in [-0.2, -0.15) is 0 Å². The third kappa shape index (κ3) is 3.10. The molecule has 0 aliphatic rings. The molecule has 0 atom stereocenters. The van der Waals surface area contributed by atoms with E-state index in [0.29, 0.717) is 16.6 Å². The predicted molar refractivity (Wildman–Crippen MR) is 80.5 cm³/mol. The van der Waals surface area contributed by atoms with Crippen molar-refractivity contribution in [1.29, 1.82) is 0 Å². The lowest BCUT2D eigenvalue weighted by atomic mass is 10.2. The van der Waals surface area contributed by atoms with E-state index in [1.807, 2.05) is 0 Å². The van der Waals surface area contributed by atoms with E-state index in [1.165, 1.54) is 35.0 Å². The number of benzene rings is 1. The molecule has 0 amide bonds. The van der Waals surface area contributed by atoms with Crippen LogP contribution in [-0.2, 0) is 13.1 Å². The second-order valence-corrected chi connectivity index (χ2v) is 5.20. The molecule has 1 heterocycles. The average molecular weight is 354 g/mol. The van der Waals surface area contributed by atoms with Gasteiger partial charge in [0.15, 0.2) is 0 Å². The number of non-ortho nitro benzene ring substituents is 1. The summed E-state index contributed by atoms with van der Waals surface area (Å²) >= 11 is 3.23. The predicted octanol–water partition coefficient (Wildman–Crippen LogP) is 1.75. The van der Waals surface area contributed by atoms with Gasteiger partial charge in [0.25, 0.3) is 11.2 Å². The highest BCUT2D eigenvalue weighted by atomic mass is 79.9. The van der Waals surface area contributed by atoms with Crippen molar-refractivity contribution in [2.24, 2.45) is 0 Å². The van der Waals surface area contributed by atoms with E-state index in [2.05, 4.69) is 15.9 Å². The summed E-state index contributed by atoms with van der Waals surface area (Å²) in [6.07, 6.45) is 1.45. The number of halogens is 1. The van der Waals surface area contributed by atoms with Crippen molar-refractivity contribution in [2.75, 3.05) is 0 Å². The first kappa shape index (κ1) is 15.2. The molecular weight excluding hydrogens is 342 g/mol. The number of nitro groups is 1. The van der Waals surface area contributed by atoms with Crippen LogP contribution in [0.5, 0.6) is 0 Å². The molecule has 1 aromatic heterocycles. The Balaban J connectivity index is 2.46. The first-order valence-corrected chi connectivity index (χ1v) is 6.96. The van der Waals surface area contributed by atoms with Crippen molar-refractivity contribution in [2.45, 2.75) is 20.0 Å². The topological polar surface area (TPSA) is 87.1 Å². The van der Waals surface area contributed by atoms with Crippen molar-refractivity contribution < 1.29 is 4.92 Å². The normalized spacial score (nSPS) is 10.6. The van der Waals surface area contributed by atoms with Crippen LogP contribution in [0.15, 0.2) is 44.5 Å². The van der Waals surface area contributed by atoms with Gasteiger partial charge in [-0.25, -0.2) is 4.79 Å². The Morgan fingerprint density at radius 3 is 2.57 bits per heavy atom.